The van der Waals surface area contributed by atoms with Gasteiger partial charge in [0, 0.05) is 6.54 Å². The Labute approximate surface area is 119 Å². The number of hydrogen-bond acceptors (Lipinski definition) is 3. The van der Waals surface area contributed by atoms with Crippen LogP contribution in [0.4, 0.5) is 0 Å². The fraction of sp³-hybridized carbons (Fsp3) is 0.733. The lowest BCUT2D eigenvalue weighted by Gasteiger charge is -2.41. The van der Waals surface area contributed by atoms with E-state index in [0.29, 0.717) is 26.0 Å². The van der Waals surface area contributed by atoms with E-state index < -0.39 is 17.8 Å². The molecule has 1 heterocycles. The molecule has 0 aromatic carbocycles. The maximum atomic E-state index is 12.8. The monoisotopic (exact) mass is 281 g/mol. The molecule has 1 fully saturated rings. The summed E-state index contributed by atoms with van der Waals surface area (Å²) in [6, 6.07) is 0.0686. The third kappa shape index (κ3) is 3.03. The van der Waals surface area contributed by atoms with Crippen molar-refractivity contribution < 1.29 is 19.4 Å². The van der Waals surface area contributed by atoms with Gasteiger partial charge in [-0.05, 0) is 26.2 Å². The number of carbonyl (C=O) groups is 2. The van der Waals surface area contributed by atoms with Crippen molar-refractivity contribution >= 4 is 11.9 Å². The number of allylic oxidation sites excluding steroid dienone is 2. The second-order valence-corrected chi connectivity index (χ2v) is 5.69. The van der Waals surface area contributed by atoms with Gasteiger partial charge in [-0.1, -0.05) is 19.1 Å². The highest BCUT2D eigenvalue weighted by Gasteiger charge is 2.39. The van der Waals surface area contributed by atoms with Crippen molar-refractivity contribution in [3.8, 4) is 0 Å². The summed E-state index contributed by atoms with van der Waals surface area (Å²) < 4.78 is 5.60. The molecule has 1 aliphatic heterocycles. The molecule has 0 radical (unpaired) electrons. The largest absolute Gasteiger partial charge is 0.481 e. The maximum Gasteiger partial charge on any atom is 0.307 e. The summed E-state index contributed by atoms with van der Waals surface area (Å²) in [5.74, 6) is -1.93. The number of amides is 1. The number of nitrogens with zero attached hydrogens (tertiary/aromatic N) is 1. The van der Waals surface area contributed by atoms with Gasteiger partial charge in [0.25, 0.3) is 0 Å². The summed E-state index contributed by atoms with van der Waals surface area (Å²) in [7, 11) is 0. The first-order valence-corrected chi connectivity index (χ1v) is 7.34. The Morgan fingerprint density at radius 3 is 2.55 bits per heavy atom. The third-order valence-electron chi connectivity index (χ3n) is 4.29. The second-order valence-electron chi connectivity index (χ2n) is 5.69. The zero-order chi connectivity index (χ0) is 14.7. The van der Waals surface area contributed by atoms with E-state index in [1.807, 2.05) is 30.9 Å². The van der Waals surface area contributed by atoms with Gasteiger partial charge in [0.2, 0.25) is 5.91 Å². The van der Waals surface area contributed by atoms with Crippen molar-refractivity contribution in [2.45, 2.75) is 45.3 Å². The first-order valence-electron chi connectivity index (χ1n) is 7.34. The zero-order valence-corrected chi connectivity index (χ0v) is 12.1. The molecule has 0 aromatic rings. The van der Waals surface area contributed by atoms with Crippen LogP contribution in [0.25, 0.3) is 0 Å². The van der Waals surface area contributed by atoms with E-state index in [4.69, 9.17) is 4.74 Å². The highest BCUT2D eigenvalue weighted by molar-refractivity contribution is 5.85. The molecule has 20 heavy (non-hydrogen) atoms. The summed E-state index contributed by atoms with van der Waals surface area (Å²) >= 11 is 0. The minimum atomic E-state index is -0.873. The van der Waals surface area contributed by atoms with Crippen LogP contribution in [-0.2, 0) is 14.3 Å². The number of aliphatic carboxylic acids is 1. The molecular formula is C15H23NO4. The van der Waals surface area contributed by atoms with Crippen molar-refractivity contribution in [3.05, 3.63) is 12.2 Å². The van der Waals surface area contributed by atoms with Crippen molar-refractivity contribution in [3.63, 3.8) is 0 Å². The molecule has 2 aliphatic rings. The van der Waals surface area contributed by atoms with Gasteiger partial charge in [-0.15, -0.1) is 0 Å². The van der Waals surface area contributed by atoms with Gasteiger partial charge in [-0.2, -0.15) is 0 Å². The number of rotatable bonds is 3. The molecule has 2 unspecified atom stereocenters. The average Bonchev–Trinajstić information content (AvgIpc) is 2.46. The van der Waals surface area contributed by atoms with Crippen LogP contribution >= 0.6 is 0 Å². The molecular weight excluding hydrogens is 258 g/mol. The van der Waals surface area contributed by atoms with Crippen LogP contribution in [0.2, 0.25) is 0 Å². The molecule has 1 saturated heterocycles. The predicted molar refractivity (Wildman–Crippen MR) is 74.2 cm³/mol. The molecule has 5 nitrogen and oxygen atoms in total. The lowest BCUT2D eigenvalue weighted by Crippen LogP contribution is -2.54. The topological polar surface area (TPSA) is 66.8 Å². The van der Waals surface area contributed by atoms with Gasteiger partial charge in [-0.3, -0.25) is 9.59 Å². The quantitative estimate of drug-likeness (QED) is 0.799. The number of hydrogen-bond donors (Lipinski definition) is 1. The van der Waals surface area contributed by atoms with Crippen molar-refractivity contribution in [1.29, 1.82) is 0 Å². The van der Waals surface area contributed by atoms with E-state index >= 15 is 0 Å². The molecule has 1 amide bonds. The molecule has 5 heteroatoms. The molecule has 0 bridgehead atoms. The minimum absolute atomic E-state index is 0.0177. The number of carboxylic acids is 1. The van der Waals surface area contributed by atoms with E-state index in [0.717, 1.165) is 6.42 Å². The molecule has 112 valence electrons. The fourth-order valence-electron chi connectivity index (χ4n) is 3.03. The van der Waals surface area contributed by atoms with E-state index in [-0.39, 0.29) is 18.1 Å². The molecule has 0 aromatic heterocycles. The van der Waals surface area contributed by atoms with Crippen LogP contribution in [0.15, 0.2) is 12.2 Å². The normalized spacial score (nSPS) is 34.0. The lowest BCUT2D eigenvalue weighted by molar-refractivity contribution is -0.157. The zero-order valence-electron chi connectivity index (χ0n) is 12.1. The molecule has 1 N–H and O–H groups in total. The Morgan fingerprint density at radius 1 is 1.30 bits per heavy atom. The number of morpholine rings is 1. The molecule has 2 rings (SSSR count). The highest BCUT2D eigenvalue weighted by atomic mass is 16.5. The van der Waals surface area contributed by atoms with Crippen LogP contribution in [0.5, 0.6) is 0 Å². The van der Waals surface area contributed by atoms with Gasteiger partial charge in [0.05, 0.1) is 30.6 Å². The van der Waals surface area contributed by atoms with Crippen LogP contribution in [-0.4, -0.2) is 47.2 Å². The summed E-state index contributed by atoms with van der Waals surface area (Å²) in [5, 5.41) is 9.30. The Kier molecular flexibility index (Phi) is 4.81. The Morgan fingerprint density at radius 2 is 1.95 bits per heavy atom. The van der Waals surface area contributed by atoms with Gasteiger partial charge < -0.3 is 14.7 Å². The van der Waals surface area contributed by atoms with Gasteiger partial charge in [0.1, 0.15) is 0 Å². The SMILES string of the molecule is CCC1COC(C)CN1C(=O)[C@@H]1CC=CC[C@@H]1C(=O)O. The first-order chi connectivity index (χ1) is 9.54. The maximum absolute atomic E-state index is 12.8. The van der Waals surface area contributed by atoms with Crippen LogP contribution in [0, 0.1) is 11.8 Å². The smallest absolute Gasteiger partial charge is 0.307 e. The van der Waals surface area contributed by atoms with Crippen molar-refractivity contribution in [1.82, 2.24) is 4.90 Å². The summed E-state index contributed by atoms with van der Waals surface area (Å²) in [4.78, 5) is 25.9. The predicted octanol–water partition coefficient (Wildman–Crippen LogP) is 1.68. The van der Waals surface area contributed by atoms with Gasteiger partial charge in [-0.25, -0.2) is 0 Å². The minimum Gasteiger partial charge on any atom is -0.481 e. The van der Waals surface area contributed by atoms with Crippen LogP contribution in [0.3, 0.4) is 0 Å². The Hall–Kier alpha value is -1.36. The summed E-state index contributed by atoms with van der Waals surface area (Å²) in [6.45, 7) is 5.08. The number of carbonyl (C=O) groups excluding carboxylic acids is 1. The van der Waals surface area contributed by atoms with E-state index in [9.17, 15) is 14.7 Å². The average molecular weight is 281 g/mol. The molecule has 0 spiro atoms. The Balaban J connectivity index is 2.15. The molecule has 1 aliphatic carbocycles. The van der Waals surface area contributed by atoms with Crippen molar-refractivity contribution in [2.24, 2.45) is 11.8 Å². The lowest BCUT2D eigenvalue weighted by atomic mass is 9.81. The summed E-state index contributed by atoms with van der Waals surface area (Å²) in [6.07, 6.45) is 5.61. The standard InChI is InChI=1S/C15H23NO4/c1-3-11-9-20-10(2)8-16(11)14(17)12-6-4-5-7-13(12)15(18)19/h4-5,10-13H,3,6-9H2,1-2H3,(H,18,19)/t10?,11?,12-,13+/m1/s1. The van der Waals surface area contributed by atoms with Crippen molar-refractivity contribution in [2.75, 3.05) is 13.2 Å². The Bertz CT molecular complexity index is 407. The number of ether oxygens (including phenoxy) is 1. The first kappa shape index (κ1) is 15.0. The number of carboxylic acid groups (broad SMARTS) is 1. The van der Waals surface area contributed by atoms with Crippen LogP contribution < -0.4 is 0 Å². The van der Waals surface area contributed by atoms with E-state index in [2.05, 4.69) is 0 Å². The molecule has 4 atom stereocenters. The van der Waals surface area contributed by atoms with E-state index in [1.54, 1.807) is 0 Å². The van der Waals surface area contributed by atoms with Gasteiger partial charge in [0.15, 0.2) is 0 Å². The summed E-state index contributed by atoms with van der Waals surface area (Å²) in [5.41, 5.74) is 0. The van der Waals surface area contributed by atoms with Crippen LogP contribution in [0.1, 0.15) is 33.1 Å². The second kappa shape index (κ2) is 6.39. The molecule has 0 saturated carbocycles. The third-order valence-corrected chi connectivity index (χ3v) is 4.29. The van der Waals surface area contributed by atoms with E-state index in [1.165, 1.54) is 0 Å². The van der Waals surface area contributed by atoms with Gasteiger partial charge >= 0.3 is 5.97 Å². The fourth-order valence-corrected chi connectivity index (χ4v) is 3.03. The highest BCUT2D eigenvalue weighted by Crippen LogP contribution is 2.29.